The highest BCUT2D eigenvalue weighted by Crippen LogP contribution is 2.29. The molecular formula is C10H11F2NO. The maximum absolute atomic E-state index is 13.3. The lowest BCUT2D eigenvalue weighted by molar-refractivity contribution is 0.448. The van der Waals surface area contributed by atoms with Gasteiger partial charge in [0.25, 0.3) is 0 Å². The fourth-order valence-electron chi connectivity index (χ4n) is 1.83. The maximum atomic E-state index is 13.3. The van der Waals surface area contributed by atoms with E-state index in [1.807, 2.05) is 0 Å². The molecule has 2 N–H and O–H groups in total. The van der Waals surface area contributed by atoms with Crippen LogP contribution in [0.5, 0.6) is 5.75 Å². The first-order valence-electron chi connectivity index (χ1n) is 4.60. The second kappa shape index (κ2) is 3.53. The summed E-state index contributed by atoms with van der Waals surface area (Å²) in [6.45, 7) is 0.782. The number of hydrogen-bond acceptors (Lipinski definition) is 2. The predicted molar refractivity (Wildman–Crippen MR) is 48.0 cm³/mol. The molecule has 1 atom stereocenters. The van der Waals surface area contributed by atoms with Crippen LogP contribution in [0.3, 0.4) is 0 Å². The summed E-state index contributed by atoms with van der Waals surface area (Å²) in [4.78, 5) is 0. The van der Waals surface area contributed by atoms with Crippen molar-refractivity contribution < 1.29 is 13.9 Å². The summed E-state index contributed by atoms with van der Waals surface area (Å²) in [6.07, 6.45) is 1.66. The molecule has 1 aromatic rings. The summed E-state index contributed by atoms with van der Waals surface area (Å²) in [7, 11) is 0. The van der Waals surface area contributed by atoms with E-state index in [1.165, 1.54) is 0 Å². The van der Waals surface area contributed by atoms with Gasteiger partial charge in [-0.05, 0) is 19.4 Å². The molecule has 1 fully saturated rings. The van der Waals surface area contributed by atoms with E-state index < -0.39 is 11.6 Å². The van der Waals surface area contributed by atoms with Crippen molar-refractivity contribution in [2.24, 2.45) is 0 Å². The summed E-state index contributed by atoms with van der Waals surface area (Å²) in [6, 6.07) is 1.63. The molecule has 0 aromatic heterocycles. The van der Waals surface area contributed by atoms with Crippen molar-refractivity contribution in [1.82, 2.24) is 5.32 Å². The van der Waals surface area contributed by atoms with Gasteiger partial charge in [0, 0.05) is 23.7 Å². The Morgan fingerprint density at radius 2 is 1.93 bits per heavy atom. The van der Waals surface area contributed by atoms with E-state index in [2.05, 4.69) is 5.32 Å². The van der Waals surface area contributed by atoms with Crippen molar-refractivity contribution in [3.05, 3.63) is 29.3 Å². The molecule has 1 aromatic carbocycles. The Labute approximate surface area is 80.6 Å². The van der Waals surface area contributed by atoms with Crippen LogP contribution in [-0.4, -0.2) is 11.7 Å². The van der Waals surface area contributed by atoms with Crippen LogP contribution in [0.1, 0.15) is 24.4 Å². The van der Waals surface area contributed by atoms with Crippen LogP contribution in [0, 0.1) is 11.6 Å². The van der Waals surface area contributed by atoms with Crippen molar-refractivity contribution in [2.45, 2.75) is 18.9 Å². The molecule has 1 aliphatic rings. The second-order valence-electron chi connectivity index (χ2n) is 3.47. The molecule has 0 amide bonds. The number of nitrogens with one attached hydrogen (secondary N) is 1. The van der Waals surface area contributed by atoms with Gasteiger partial charge in [0.05, 0.1) is 0 Å². The normalized spacial score (nSPS) is 21.4. The predicted octanol–water partition coefficient (Wildman–Crippen LogP) is 2.09. The van der Waals surface area contributed by atoms with Gasteiger partial charge in [-0.25, -0.2) is 8.78 Å². The molecule has 76 valence electrons. The van der Waals surface area contributed by atoms with Gasteiger partial charge in [-0.3, -0.25) is 0 Å². The smallest absolute Gasteiger partial charge is 0.134 e. The van der Waals surface area contributed by atoms with E-state index in [0.717, 1.165) is 31.5 Å². The van der Waals surface area contributed by atoms with Gasteiger partial charge in [0.15, 0.2) is 0 Å². The summed E-state index contributed by atoms with van der Waals surface area (Å²) >= 11 is 0. The number of phenolic OH excluding ortho intramolecular Hbond substituents is 1. The Balaban J connectivity index is 2.40. The third kappa shape index (κ3) is 1.57. The number of rotatable bonds is 1. The molecule has 4 heteroatoms. The number of phenols is 1. The Kier molecular flexibility index (Phi) is 2.37. The third-order valence-electron chi connectivity index (χ3n) is 2.47. The van der Waals surface area contributed by atoms with Crippen LogP contribution < -0.4 is 5.32 Å². The highest BCUT2D eigenvalue weighted by Gasteiger charge is 2.23. The van der Waals surface area contributed by atoms with Crippen LogP contribution in [-0.2, 0) is 0 Å². The number of aromatic hydroxyl groups is 1. The Morgan fingerprint density at radius 3 is 2.43 bits per heavy atom. The molecule has 0 saturated carbocycles. The summed E-state index contributed by atoms with van der Waals surface area (Å²) in [5, 5.41) is 12.0. The molecule has 0 radical (unpaired) electrons. The minimum atomic E-state index is -0.679. The van der Waals surface area contributed by atoms with E-state index in [1.54, 1.807) is 0 Å². The van der Waals surface area contributed by atoms with Crippen LogP contribution in [0.4, 0.5) is 8.78 Å². The highest BCUT2D eigenvalue weighted by molar-refractivity contribution is 5.31. The molecule has 2 nitrogen and oxygen atoms in total. The lowest BCUT2D eigenvalue weighted by atomic mass is 10.0. The zero-order chi connectivity index (χ0) is 10.1. The number of hydrogen-bond donors (Lipinski definition) is 2. The van der Waals surface area contributed by atoms with Gasteiger partial charge in [0.2, 0.25) is 0 Å². The molecule has 1 aliphatic heterocycles. The first-order chi connectivity index (χ1) is 6.68. The lowest BCUT2D eigenvalue weighted by Gasteiger charge is -2.12. The molecule has 1 unspecified atom stereocenters. The number of halogens is 2. The molecular weight excluding hydrogens is 188 g/mol. The van der Waals surface area contributed by atoms with Crippen LogP contribution in [0.2, 0.25) is 0 Å². The average molecular weight is 199 g/mol. The topological polar surface area (TPSA) is 32.3 Å². The SMILES string of the molecule is Oc1cc(F)c(C2CCCN2)c(F)c1. The lowest BCUT2D eigenvalue weighted by Crippen LogP contribution is -2.15. The molecule has 1 heterocycles. The third-order valence-corrected chi connectivity index (χ3v) is 2.47. The van der Waals surface area contributed by atoms with Gasteiger partial charge >= 0.3 is 0 Å². The Hall–Kier alpha value is -1.16. The summed E-state index contributed by atoms with van der Waals surface area (Å²) in [5.74, 6) is -1.73. The molecule has 0 spiro atoms. The van der Waals surface area contributed by atoms with Crippen molar-refractivity contribution >= 4 is 0 Å². The second-order valence-corrected chi connectivity index (χ2v) is 3.47. The minimum Gasteiger partial charge on any atom is -0.508 e. The van der Waals surface area contributed by atoms with E-state index >= 15 is 0 Å². The standard InChI is InChI=1S/C10H11F2NO/c11-7-4-6(14)5-8(12)10(7)9-2-1-3-13-9/h4-5,9,13-14H,1-3H2. The van der Waals surface area contributed by atoms with Crippen molar-refractivity contribution in [2.75, 3.05) is 6.54 Å². The van der Waals surface area contributed by atoms with E-state index in [-0.39, 0.29) is 17.4 Å². The van der Waals surface area contributed by atoms with Crippen LogP contribution >= 0.6 is 0 Å². The zero-order valence-electron chi connectivity index (χ0n) is 7.56. The maximum Gasteiger partial charge on any atom is 0.134 e. The molecule has 2 rings (SSSR count). The fraction of sp³-hybridized carbons (Fsp3) is 0.400. The van der Waals surface area contributed by atoms with E-state index in [0.29, 0.717) is 0 Å². The quantitative estimate of drug-likeness (QED) is 0.725. The van der Waals surface area contributed by atoms with Crippen molar-refractivity contribution in [1.29, 1.82) is 0 Å². The molecule has 0 aliphatic carbocycles. The van der Waals surface area contributed by atoms with Gasteiger partial charge in [-0.2, -0.15) is 0 Å². The molecule has 14 heavy (non-hydrogen) atoms. The molecule has 0 bridgehead atoms. The van der Waals surface area contributed by atoms with Crippen molar-refractivity contribution in [3.8, 4) is 5.75 Å². The summed E-state index contributed by atoms with van der Waals surface area (Å²) in [5.41, 5.74) is 0.0419. The largest absolute Gasteiger partial charge is 0.508 e. The fourth-order valence-corrected chi connectivity index (χ4v) is 1.83. The van der Waals surface area contributed by atoms with Crippen LogP contribution in [0.15, 0.2) is 12.1 Å². The van der Waals surface area contributed by atoms with E-state index in [4.69, 9.17) is 5.11 Å². The van der Waals surface area contributed by atoms with Gasteiger partial charge in [-0.15, -0.1) is 0 Å². The zero-order valence-corrected chi connectivity index (χ0v) is 7.56. The Morgan fingerprint density at radius 1 is 1.29 bits per heavy atom. The first-order valence-corrected chi connectivity index (χ1v) is 4.60. The highest BCUT2D eigenvalue weighted by atomic mass is 19.1. The number of benzene rings is 1. The van der Waals surface area contributed by atoms with Crippen LogP contribution in [0.25, 0.3) is 0 Å². The van der Waals surface area contributed by atoms with Gasteiger partial charge < -0.3 is 10.4 Å². The van der Waals surface area contributed by atoms with Crippen molar-refractivity contribution in [3.63, 3.8) is 0 Å². The monoisotopic (exact) mass is 199 g/mol. The van der Waals surface area contributed by atoms with E-state index in [9.17, 15) is 8.78 Å². The van der Waals surface area contributed by atoms with Gasteiger partial charge in [0.1, 0.15) is 17.4 Å². The Bertz CT molecular complexity index is 325. The first kappa shape index (κ1) is 9.40. The molecule has 1 saturated heterocycles. The minimum absolute atomic E-state index is 0.0419. The average Bonchev–Trinajstić information content (AvgIpc) is 2.54. The summed E-state index contributed by atoms with van der Waals surface area (Å²) < 4.78 is 26.6. The van der Waals surface area contributed by atoms with Gasteiger partial charge in [-0.1, -0.05) is 0 Å².